The molecule has 2 heterocycles. The summed E-state index contributed by atoms with van der Waals surface area (Å²) >= 11 is 0. The van der Waals surface area contributed by atoms with Crippen LogP contribution in [-0.4, -0.2) is 91.1 Å². The van der Waals surface area contributed by atoms with Crippen molar-refractivity contribution in [1.82, 2.24) is 35.3 Å². The van der Waals surface area contributed by atoms with E-state index in [1.54, 1.807) is 31.4 Å². The molecule has 158 valence electrons. The van der Waals surface area contributed by atoms with Gasteiger partial charge in [-0.3, -0.25) is 9.67 Å². The van der Waals surface area contributed by atoms with Gasteiger partial charge in [-0.25, -0.2) is 9.97 Å². The molecule has 0 fully saturated rings. The first-order valence-corrected chi connectivity index (χ1v) is 9.14. The Morgan fingerprint density at radius 3 is 2.75 bits per heavy atom. The van der Waals surface area contributed by atoms with Crippen molar-refractivity contribution in [1.29, 1.82) is 0 Å². The van der Waals surface area contributed by atoms with Crippen molar-refractivity contribution in [2.45, 2.75) is 6.42 Å². The molecular weight excluding hydrogens is 473 g/mol. The molecule has 0 atom stereocenters. The van der Waals surface area contributed by atoms with Crippen molar-refractivity contribution in [2.24, 2.45) is 12.0 Å². The zero-order chi connectivity index (χ0) is 19.5. The van der Waals surface area contributed by atoms with Crippen LogP contribution in [0.4, 0.5) is 5.82 Å². The topological polar surface area (TPSA) is 105 Å². The van der Waals surface area contributed by atoms with E-state index in [1.807, 2.05) is 7.05 Å². The molecule has 11 heteroatoms. The molecule has 0 radical (unpaired) electrons. The fourth-order valence-corrected chi connectivity index (χ4v) is 2.64. The number of aryl methyl sites for hydroxylation is 1. The second-order valence-corrected chi connectivity index (χ2v) is 6.23. The third kappa shape index (κ3) is 7.72. The standard InChI is InChI=1S/C17H31N9O.HI/c1-18-17(21-8-10-25(2)9-5-11-27-4)20-7-6-19-15-14-12-24-26(3)16(14)23-13-22-15;/h12-13H,5-11H2,1-4H3,(H2,18,20,21)(H,19,22,23);1H. The lowest BCUT2D eigenvalue weighted by Gasteiger charge is -2.18. The molecule has 0 saturated heterocycles. The van der Waals surface area contributed by atoms with E-state index >= 15 is 0 Å². The molecular formula is C17H32IN9O. The number of methoxy groups -OCH3 is 1. The summed E-state index contributed by atoms with van der Waals surface area (Å²) in [5.74, 6) is 1.58. The summed E-state index contributed by atoms with van der Waals surface area (Å²) in [6.45, 7) is 5.02. The van der Waals surface area contributed by atoms with E-state index in [0.29, 0.717) is 6.54 Å². The monoisotopic (exact) mass is 505 g/mol. The first-order chi connectivity index (χ1) is 13.2. The van der Waals surface area contributed by atoms with Crippen LogP contribution < -0.4 is 16.0 Å². The number of ether oxygens (including phenoxy) is 1. The van der Waals surface area contributed by atoms with Gasteiger partial charge in [0.15, 0.2) is 11.6 Å². The molecule has 0 saturated carbocycles. The van der Waals surface area contributed by atoms with Crippen molar-refractivity contribution in [3.8, 4) is 0 Å². The van der Waals surface area contributed by atoms with Gasteiger partial charge in [-0.05, 0) is 13.5 Å². The predicted octanol–water partition coefficient (Wildman–Crippen LogP) is 0.527. The average molecular weight is 505 g/mol. The first kappa shape index (κ1) is 24.3. The van der Waals surface area contributed by atoms with Gasteiger partial charge < -0.3 is 25.6 Å². The zero-order valence-electron chi connectivity index (χ0n) is 17.1. The van der Waals surface area contributed by atoms with E-state index in [0.717, 1.165) is 62.0 Å². The Labute approximate surface area is 183 Å². The number of anilines is 1. The number of nitrogens with zero attached hydrogens (tertiary/aromatic N) is 6. The summed E-state index contributed by atoms with van der Waals surface area (Å²) in [5.41, 5.74) is 0.813. The number of halogens is 1. The van der Waals surface area contributed by atoms with Gasteiger partial charge >= 0.3 is 0 Å². The quantitative estimate of drug-likeness (QED) is 0.176. The molecule has 0 aromatic carbocycles. The van der Waals surface area contributed by atoms with Crippen LogP contribution in [0.3, 0.4) is 0 Å². The maximum atomic E-state index is 5.07. The molecule has 2 aromatic rings. The second-order valence-electron chi connectivity index (χ2n) is 6.23. The van der Waals surface area contributed by atoms with Gasteiger partial charge in [0.1, 0.15) is 12.1 Å². The third-order valence-electron chi connectivity index (χ3n) is 4.14. The van der Waals surface area contributed by atoms with Crippen molar-refractivity contribution >= 4 is 46.8 Å². The van der Waals surface area contributed by atoms with Crippen molar-refractivity contribution in [3.63, 3.8) is 0 Å². The number of fused-ring (bicyclic) bond motifs is 1. The maximum Gasteiger partial charge on any atom is 0.191 e. The van der Waals surface area contributed by atoms with E-state index in [-0.39, 0.29) is 24.0 Å². The van der Waals surface area contributed by atoms with E-state index < -0.39 is 0 Å². The number of aliphatic imine (C=N–C) groups is 1. The summed E-state index contributed by atoms with van der Waals surface area (Å²) in [7, 11) is 7.48. The van der Waals surface area contributed by atoms with Crippen LogP contribution >= 0.6 is 24.0 Å². The highest BCUT2D eigenvalue weighted by molar-refractivity contribution is 14.0. The SMILES string of the molecule is CN=C(NCCNc1ncnc2c1cnn2C)NCCN(C)CCCOC.I. The molecule has 0 bridgehead atoms. The number of guanidine groups is 1. The molecule has 0 amide bonds. The Bertz CT molecular complexity index is 722. The van der Waals surface area contributed by atoms with Crippen LogP contribution in [0.25, 0.3) is 11.0 Å². The number of hydrogen-bond acceptors (Lipinski definition) is 7. The van der Waals surface area contributed by atoms with Crippen LogP contribution in [0.5, 0.6) is 0 Å². The Morgan fingerprint density at radius 1 is 1.21 bits per heavy atom. The molecule has 0 aliphatic carbocycles. The van der Waals surface area contributed by atoms with Crippen LogP contribution in [0, 0.1) is 0 Å². The van der Waals surface area contributed by atoms with Gasteiger partial charge in [-0.15, -0.1) is 24.0 Å². The average Bonchev–Trinajstić information content (AvgIpc) is 3.06. The lowest BCUT2D eigenvalue weighted by Crippen LogP contribution is -2.42. The highest BCUT2D eigenvalue weighted by Gasteiger charge is 2.07. The Morgan fingerprint density at radius 2 is 2.00 bits per heavy atom. The lowest BCUT2D eigenvalue weighted by atomic mass is 10.4. The van der Waals surface area contributed by atoms with E-state index in [2.05, 4.69) is 48.0 Å². The summed E-state index contributed by atoms with van der Waals surface area (Å²) in [4.78, 5) is 15.0. The predicted molar refractivity (Wildman–Crippen MR) is 124 cm³/mol. The fourth-order valence-electron chi connectivity index (χ4n) is 2.64. The largest absolute Gasteiger partial charge is 0.385 e. The number of aromatic nitrogens is 4. The van der Waals surface area contributed by atoms with E-state index in [4.69, 9.17) is 4.74 Å². The van der Waals surface area contributed by atoms with Gasteiger partial charge in [0, 0.05) is 60.5 Å². The molecule has 2 rings (SSSR count). The molecule has 28 heavy (non-hydrogen) atoms. The van der Waals surface area contributed by atoms with E-state index in [9.17, 15) is 0 Å². The van der Waals surface area contributed by atoms with Gasteiger partial charge in [0.25, 0.3) is 0 Å². The van der Waals surface area contributed by atoms with Gasteiger partial charge in [0.2, 0.25) is 0 Å². The van der Waals surface area contributed by atoms with Gasteiger partial charge in [-0.2, -0.15) is 5.10 Å². The van der Waals surface area contributed by atoms with Crippen LogP contribution in [0.1, 0.15) is 6.42 Å². The highest BCUT2D eigenvalue weighted by Crippen LogP contribution is 2.16. The number of nitrogens with one attached hydrogen (secondary N) is 3. The summed E-state index contributed by atoms with van der Waals surface area (Å²) in [5, 5.41) is 15.1. The van der Waals surface area contributed by atoms with Crippen LogP contribution in [0.15, 0.2) is 17.5 Å². The van der Waals surface area contributed by atoms with Crippen LogP contribution in [-0.2, 0) is 11.8 Å². The van der Waals surface area contributed by atoms with Crippen molar-refractivity contribution in [2.75, 3.05) is 65.9 Å². The van der Waals surface area contributed by atoms with Crippen LogP contribution in [0.2, 0.25) is 0 Å². The first-order valence-electron chi connectivity index (χ1n) is 9.14. The second kappa shape index (κ2) is 13.4. The zero-order valence-corrected chi connectivity index (χ0v) is 19.4. The maximum absolute atomic E-state index is 5.07. The summed E-state index contributed by atoms with van der Waals surface area (Å²) < 4.78 is 6.81. The fraction of sp³-hybridized carbons (Fsp3) is 0.647. The van der Waals surface area contributed by atoms with Gasteiger partial charge in [0.05, 0.1) is 11.6 Å². The van der Waals surface area contributed by atoms with Crippen molar-refractivity contribution in [3.05, 3.63) is 12.5 Å². The minimum atomic E-state index is 0. The minimum Gasteiger partial charge on any atom is -0.385 e. The lowest BCUT2D eigenvalue weighted by molar-refractivity contribution is 0.180. The number of likely N-dealkylation sites (N-methyl/N-ethyl adjacent to an activating group) is 1. The van der Waals surface area contributed by atoms with Gasteiger partial charge in [-0.1, -0.05) is 0 Å². The Kier molecular flexibility index (Phi) is 11.7. The summed E-state index contributed by atoms with van der Waals surface area (Å²) in [6, 6.07) is 0. The smallest absolute Gasteiger partial charge is 0.191 e. The Hall–Kier alpha value is -1.73. The normalized spacial score (nSPS) is 11.5. The molecule has 0 spiro atoms. The van der Waals surface area contributed by atoms with Crippen molar-refractivity contribution < 1.29 is 4.74 Å². The molecule has 2 aromatic heterocycles. The highest BCUT2D eigenvalue weighted by atomic mass is 127. The third-order valence-corrected chi connectivity index (χ3v) is 4.14. The number of rotatable bonds is 11. The molecule has 0 aliphatic rings. The van der Waals surface area contributed by atoms with E-state index in [1.165, 1.54) is 0 Å². The Balaban J connectivity index is 0.00000392. The molecule has 10 nitrogen and oxygen atoms in total. The number of hydrogen-bond donors (Lipinski definition) is 3. The summed E-state index contributed by atoms with van der Waals surface area (Å²) in [6.07, 6.45) is 4.36. The molecule has 0 unspecified atom stereocenters. The molecule has 3 N–H and O–H groups in total. The molecule has 0 aliphatic heterocycles. The minimum absolute atomic E-state index is 0.